The molecule has 2 aromatic carbocycles. The summed E-state index contributed by atoms with van der Waals surface area (Å²) in [6, 6.07) is 11.7. The summed E-state index contributed by atoms with van der Waals surface area (Å²) in [7, 11) is 1.50. The van der Waals surface area contributed by atoms with Crippen LogP contribution in [0.5, 0.6) is 5.75 Å². The van der Waals surface area contributed by atoms with Crippen LogP contribution in [0, 0.1) is 0 Å². The van der Waals surface area contributed by atoms with Gasteiger partial charge in [0, 0.05) is 10.2 Å². The molecule has 0 bridgehead atoms. The van der Waals surface area contributed by atoms with Gasteiger partial charge in [-0.05, 0) is 53.2 Å². The second-order valence-electron chi connectivity index (χ2n) is 4.87. The lowest BCUT2D eigenvalue weighted by Crippen LogP contribution is -2.30. The van der Waals surface area contributed by atoms with Gasteiger partial charge in [-0.1, -0.05) is 23.7 Å². The second-order valence-corrected chi connectivity index (χ2v) is 6.13. The molecule has 0 aliphatic carbocycles. The molecule has 24 heavy (non-hydrogen) atoms. The maximum absolute atomic E-state index is 12.2. The summed E-state index contributed by atoms with van der Waals surface area (Å²) in [5.41, 5.74) is 0.833. The number of halogens is 2. The van der Waals surface area contributed by atoms with Crippen LogP contribution in [0.1, 0.15) is 17.3 Å². The van der Waals surface area contributed by atoms with Crippen molar-refractivity contribution in [3.8, 4) is 5.75 Å². The van der Waals surface area contributed by atoms with Crippen LogP contribution in [0.2, 0.25) is 5.02 Å². The van der Waals surface area contributed by atoms with E-state index in [0.717, 1.165) is 0 Å². The SMILES string of the molecule is COc1ccc(NC(=O)[C@H](C)OC(=O)c2ccccc2Br)cc1Cl. The Morgan fingerprint density at radius 1 is 1.21 bits per heavy atom. The fraction of sp³-hybridized carbons (Fsp3) is 0.176. The average molecular weight is 413 g/mol. The number of anilines is 1. The summed E-state index contributed by atoms with van der Waals surface area (Å²) in [6.45, 7) is 1.50. The van der Waals surface area contributed by atoms with Gasteiger partial charge in [0.1, 0.15) is 5.75 Å². The molecular formula is C17H15BrClNO4. The van der Waals surface area contributed by atoms with Gasteiger partial charge in [-0.15, -0.1) is 0 Å². The Kier molecular flexibility index (Phi) is 6.23. The molecule has 126 valence electrons. The van der Waals surface area contributed by atoms with Gasteiger partial charge in [-0.25, -0.2) is 4.79 Å². The Labute approximate surface area is 153 Å². The molecule has 1 amide bonds. The van der Waals surface area contributed by atoms with Gasteiger partial charge in [0.25, 0.3) is 5.91 Å². The summed E-state index contributed by atoms with van der Waals surface area (Å²) >= 11 is 9.28. The third-order valence-corrected chi connectivity index (χ3v) is 4.15. The van der Waals surface area contributed by atoms with E-state index < -0.39 is 18.0 Å². The van der Waals surface area contributed by atoms with Crippen LogP contribution in [0.4, 0.5) is 5.69 Å². The third kappa shape index (κ3) is 4.49. The molecule has 0 aromatic heterocycles. The maximum Gasteiger partial charge on any atom is 0.340 e. The number of amides is 1. The highest BCUT2D eigenvalue weighted by molar-refractivity contribution is 9.10. The lowest BCUT2D eigenvalue weighted by atomic mass is 10.2. The summed E-state index contributed by atoms with van der Waals surface area (Å²) in [5.74, 6) is -0.544. The maximum atomic E-state index is 12.2. The minimum atomic E-state index is -0.967. The molecule has 7 heteroatoms. The molecule has 0 fully saturated rings. The quantitative estimate of drug-likeness (QED) is 0.744. The van der Waals surface area contributed by atoms with Crippen molar-refractivity contribution in [1.29, 1.82) is 0 Å². The first-order valence-corrected chi connectivity index (χ1v) is 8.19. The zero-order valence-corrected chi connectivity index (χ0v) is 15.3. The minimum Gasteiger partial charge on any atom is -0.495 e. The van der Waals surface area contributed by atoms with E-state index in [-0.39, 0.29) is 0 Å². The van der Waals surface area contributed by atoms with Crippen molar-refractivity contribution in [3.63, 3.8) is 0 Å². The number of hydrogen-bond donors (Lipinski definition) is 1. The zero-order chi connectivity index (χ0) is 17.7. The molecule has 0 saturated carbocycles. The smallest absolute Gasteiger partial charge is 0.340 e. The zero-order valence-electron chi connectivity index (χ0n) is 13.0. The number of esters is 1. The van der Waals surface area contributed by atoms with Crippen molar-refractivity contribution >= 4 is 45.1 Å². The van der Waals surface area contributed by atoms with Crippen LogP contribution < -0.4 is 10.1 Å². The van der Waals surface area contributed by atoms with E-state index in [2.05, 4.69) is 21.2 Å². The summed E-state index contributed by atoms with van der Waals surface area (Å²) in [5, 5.41) is 3.01. The first-order valence-electron chi connectivity index (χ1n) is 7.02. The number of carbonyl (C=O) groups is 2. The summed E-state index contributed by atoms with van der Waals surface area (Å²) in [4.78, 5) is 24.3. The predicted molar refractivity (Wildman–Crippen MR) is 95.7 cm³/mol. The Morgan fingerprint density at radius 2 is 1.92 bits per heavy atom. The molecule has 0 saturated heterocycles. The highest BCUT2D eigenvalue weighted by atomic mass is 79.9. The molecule has 1 atom stereocenters. The van der Waals surface area contributed by atoms with Gasteiger partial charge in [0.2, 0.25) is 0 Å². The van der Waals surface area contributed by atoms with Crippen molar-refractivity contribution in [2.24, 2.45) is 0 Å². The first kappa shape index (κ1) is 18.3. The minimum absolute atomic E-state index is 0.352. The first-order chi connectivity index (χ1) is 11.4. The Bertz CT molecular complexity index is 766. The molecule has 2 aromatic rings. The molecule has 2 rings (SSSR count). The van der Waals surface area contributed by atoms with Gasteiger partial charge in [-0.3, -0.25) is 4.79 Å². The average Bonchev–Trinajstić information content (AvgIpc) is 2.55. The number of carbonyl (C=O) groups excluding carboxylic acids is 2. The molecule has 0 unspecified atom stereocenters. The third-order valence-electron chi connectivity index (χ3n) is 3.17. The molecule has 0 heterocycles. The number of nitrogens with one attached hydrogen (secondary N) is 1. The Balaban J connectivity index is 2.01. The molecule has 0 aliphatic heterocycles. The lowest BCUT2D eigenvalue weighted by molar-refractivity contribution is -0.123. The van der Waals surface area contributed by atoms with Gasteiger partial charge in [0.15, 0.2) is 6.10 Å². The lowest BCUT2D eigenvalue weighted by Gasteiger charge is -2.14. The second kappa shape index (κ2) is 8.17. The van der Waals surface area contributed by atoms with E-state index in [1.54, 1.807) is 42.5 Å². The number of benzene rings is 2. The van der Waals surface area contributed by atoms with Crippen molar-refractivity contribution < 1.29 is 19.1 Å². The topological polar surface area (TPSA) is 64.6 Å². The number of hydrogen-bond acceptors (Lipinski definition) is 4. The van der Waals surface area contributed by atoms with Crippen molar-refractivity contribution in [1.82, 2.24) is 0 Å². The van der Waals surface area contributed by atoms with Crippen molar-refractivity contribution in [2.45, 2.75) is 13.0 Å². The Hall–Kier alpha value is -2.05. The molecule has 0 radical (unpaired) electrons. The fourth-order valence-electron chi connectivity index (χ4n) is 1.89. The molecule has 0 spiro atoms. The van der Waals surface area contributed by atoms with E-state index >= 15 is 0 Å². The van der Waals surface area contributed by atoms with Crippen LogP contribution in [-0.2, 0) is 9.53 Å². The van der Waals surface area contributed by atoms with E-state index in [4.69, 9.17) is 21.1 Å². The van der Waals surface area contributed by atoms with Crippen molar-refractivity contribution in [3.05, 3.63) is 57.5 Å². The normalized spacial score (nSPS) is 11.5. The summed E-state index contributed by atoms with van der Waals surface area (Å²) < 4.78 is 10.8. The highest BCUT2D eigenvalue weighted by Crippen LogP contribution is 2.27. The van der Waals surface area contributed by atoms with Gasteiger partial charge < -0.3 is 14.8 Å². The predicted octanol–water partition coefficient (Wildman–Crippen LogP) is 4.30. The molecule has 1 N–H and O–H groups in total. The van der Waals surface area contributed by atoms with E-state index in [0.29, 0.717) is 26.5 Å². The number of ether oxygens (including phenoxy) is 2. The van der Waals surface area contributed by atoms with Crippen LogP contribution in [0.25, 0.3) is 0 Å². The van der Waals surface area contributed by atoms with Gasteiger partial charge in [-0.2, -0.15) is 0 Å². The largest absolute Gasteiger partial charge is 0.495 e. The number of rotatable bonds is 5. The standard InChI is InChI=1S/C17H15BrClNO4/c1-10(24-17(22)12-5-3-4-6-13(12)18)16(21)20-11-7-8-15(23-2)14(19)9-11/h3-10H,1-2H3,(H,20,21)/t10-/m0/s1. The van der Waals surface area contributed by atoms with Gasteiger partial charge in [0.05, 0.1) is 17.7 Å². The van der Waals surface area contributed by atoms with Crippen molar-refractivity contribution in [2.75, 3.05) is 12.4 Å². The molecular weight excluding hydrogens is 398 g/mol. The number of methoxy groups -OCH3 is 1. The van der Waals surface area contributed by atoms with Crippen LogP contribution in [0.15, 0.2) is 46.9 Å². The molecule has 5 nitrogen and oxygen atoms in total. The van der Waals surface area contributed by atoms with Crippen LogP contribution in [0.3, 0.4) is 0 Å². The Morgan fingerprint density at radius 3 is 2.54 bits per heavy atom. The fourth-order valence-corrected chi connectivity index (χ4v) is 2.60. The van der Waals surface area contributed by atoms with Gasteiger partial charge >= 0.3 is 5.97 Å². The summed E-state index contributed by atoms with van der Waals surface area (Å²) in [6.07, 6.45) is -0.967. The van der Waals surface area contributed by atoms with E-state index in [1.165, 1.54) is 14.0 Å². The monoisotopic (exact) mass is 411 g/mol. The van der Waals surface area contributed by atoms with E-state index in [9.17, 15) is 9.59 Å². The van der Waals surface area contributed by atoms with E-state index in [1.807, 2.05) is 0 Å². The van der Waals surface area contributed by atoms with Crippen LogP contribution >= 0.6 is 27.5 Å². The molecule has 0 aliphatic rings. The van der Waals surface area contributed by atoms with Crippen LogP contribution in [-0.4, -0.2) is 25.1 Å². The highest BCUT2D eigenvalue weighted by Gasteiger charge is 2.20.